The van der Waals surface area contributed by atoms with Crippen molar-refractivity contribution in [3.8, 4) is 0 Å². The fourth-order valence-corrected chi connectivity index (χ4v) is 1.86. The molecule has 14 heavy (non-hydrogen) atoms. The summed E-state index contributed by atoms with van der Waals surface area (Å²) in [5.41, 5.74) is 0.954. The molecule has 1 aromatic heterocycles. The molecule has 0 aromatic carbocycles. The Kier molecular flexibility index (Phi) is 4.22. The van der Waals surface area contributed by atoms with Gasteiger partial charge in [-0.25, -0.2) is 4.79 Å². The van der Waals surface area contributed by atoms with Crippen LogP contribution in [0.4, 0.5) is 4.79 Å². The van der Waals surface area contributed by atoms with Crippen LogP contribution < -0.4 is 10.6 Å². The second-order valence-electron chi connectivity index (χ2n) is 3.20. The van der Waals surface area contributed by atoms with Crippen LogP contribution in [-0.4, -0.2) is 12.1 Å². The van der Waals surface area contributed by atoms with Crippen molar-refractivity contribution in [1.29, 1.82) is 0 Å². The molecule has 0 bridgehead atoms. The Morgan fingerprint density at radius 2 is 2.36 bits per heavy atom. The van der Waals surface area contributed by atoms with Gasteiger partial charge in [0.25, 0.3) is 0 Å². The average molecular weight is 233 g/mol. The molecule has 0 atom stereocenters. The summed E-state index contributed by atoms with van der Waals surface area (Å²) in [7, 11) is 0. The molecule has 0 fully saturated rings. The molecule has 0 saturated carbocycles. The Morgan fingerprint density at radius 1 is 1.64 bits per heavy atom. The summed E-state index contributed by atoms with van der Waals surface area (Å²) in [6.45, 7) is 4.30. The van der Waals surface area contributed by atoms with E-state index in [1.165, 1.54) is 11.3 Å². The molecule has 0 radical (unpaired) electrons. The minimum absolute atomic E-state index is 0.146. The van der Waals surface area contributed by atoms with Crippen molar-refractivity contribution in [2.45, 2.75) is 26.4 Å². The number of carbonyl (C=O) groups is 1. The van der Waals surface area contributed by atoms with Gasteiger partial charge in [-0.05, 0) is 25.3 Å². The molecule has 1 heterocycles. The second-order valence-corrected chi connectivity index (χ2v) is 4.72. The van der Waals surface area contributed by atoms with Crippen LogP contribution in [0.15, 0.2) is 11.4 Å². The molecule has 3 nitrogen and oxygen atoms in total. The van der Waals surface area contributed by atoms with Crippen molar-refractivity contribution in [2.75, 3.05) is 0 Å². The summed E-state index contributed by atoms with van der Waals surface area (Å²) in [4.78, 5) is 11.2. The summed E-state index contributed by atoms with van der Waals surface area (Å²) < 4.78 is 0.731. The van der Waals surface area contributed by atoms with Gasteiger partial charge in [0.2, 0.25) is 0 Å². The van der Waals surface area contributed by atoms with Crippen LogP contribution in [0.1, 0.15) is 19.4 Å². The van der Waals surface area contributed by atoms with Gasteiger partial charge in [0.1, 0.15) is 0 Å². The van der Waals surface area contributed by atoms with Crippen LogP contribution in [-0.2, 0) is 6.54 Å². The van der Waals surface area contributed by atoms with Crippen molar-refractivity contribution >= 4 is 29.0 Å². The van der Waals surface area contributed by atoms with Gasteiger partial charge in [-0.3, -0.25) is 0 Å². The molecule has 0 unspecified atom stereocenters. The highest BCUT2D eigenvalue weighted by atomic mass is 35.5. The van der Waals surface area contributed by atoms with Gasteiger partial charge in [0.15, 0.2) is 0 Å². The van der Waals surface area contributed by atoms with E-state index in [-0.39, 0.29) is 12.1 Å². The van der Waals surface area contributed by atoms with Gasteiger partial charge in [-0.1, -0.05) is 11.6 Å². The zero-order valence-electron chi connectivity index (χ0n) is 8.13. The molecule has 0 aliphatic heterocycles. The monoisotopic (exact) mass is 232 g/mol. The molecule has 0 aliphatic carbocycles. The molecule has 2 N–H and O–H groups in total. The SMILES string of the molecule is CC(C)NC(=O)NCc1ccsc1Cl. The van der Waals surface area contributed by atoms with E-state index in [4.69, 9.17) is 11.6 Å². The normalized spacial score (nSPS) is 10.3. The number of hydrogen-bond donors (Lipinski definition) is 2. The third-order valence-corrected chi connectivity index (χ3v) is 2.80. The minimum Gasteiger partial charge on any atom is -0.336 e. The Balaban J connectivity index is 2.34. The molecule has 0 spiro atoms. The Bertz CT molecular complexity index is 312. The lowest BCUT2D eigenvalue weighted by atomic mass is 10.3. The Morgan fingerprint density at radius 3 is 2.86 bits per heavy atom. The molecule has 5 heteroatoms. The van der Waals surface area contributed by atoms with Crippen molar-refractivity contribution in [3.63, 3.8) is 0 Å². The average Bonchev–Trinajstić information content (AvgIpc) is 2.46. The topological polar surface area (TPSA) is 41.1 Å². The number of amides is 2. The first-order valence-corrected chi connectivity index (χ1v) is 5.61. The van der Waals surface area contributed by atoms with Gasteiger partial charge in [-0.15, -0.1) is 11.3 Å². The number of hydrogen-bond acceptors (Lipinski definition) is 2. The molecule has 1 rings (SSSR count). The van der Waals surface area contributed by atoms with E-state index in [1.54, 1.807) is 0 Å². The smallest absolute Gasteiger partial charge is 0.315 e. The highest BCUT2D eigenvalue weighted by molar-refractivity contribution is 7.14. The lowest BCUT2D eigenvalue weighted by molar-refractivity contribution is 0.238. The van der Waals surface area contributed by atoms with Crippen LogP contribution in [0, 0.1) is 0 Å². The third kappa shape index (κ3) is 3.55. The molecule has 0 saturated heterocycles. The molecule has 2 amide bonds. The summed E-state index contributed by atoms with van der Waals surface area (Å²) in [6, 6.07) is 1.89. The van der Waals surface area contributed by atoms with Crippen LogP contribution in [0.3, 0.4) is 0 Å². The number of thiophene rings is 1. The van der Waals surface area contributed by atoms with E-state index < -0.39 is 0 Å². The predicted octanol–water partition coefficient (Wildman–Crippen LogP) is 2.61. The van der Waals surface area contributed by atoms with Crippen molar-refractivity contribution in [2.24, 2.45) is 0 Å². The van der Waals surface area contributed by atoms with Gasteiger partial charge >= 0.3 is 6.03 Å². The summed E-state index contributed by atoms with van der Waals surface area (Å²) in [5, 5.41) is 7.37. The number of urea groups is 1. The van der Waals surface area contributed by atoms with E-state index in [2.05, 4.69) is 10.6 Å². The van der Waals surface area contributed by atoms with E-state index in [9.17, 15) is 4.79 Å². The molecule has 78 valence electrons. The lowest BCUT2D eigenvalue weighted by Gasteiger charge is -2.09. The van der Waals surface area contributed by atoms with Gasteiger partial charge in [0.05, 0.1) is 4.34 Å². The number of rotatable bonds is 3. The van der Waals surface area contributed by atoms with E-state index in [0.717, 1.165) is 9.90 Å². The van der Waals surface area contributed by atoms with Crippen LogP contribution in [0.5, 0.6) is 0 Å². The molecule has 0 aliphatic rings. The maximum Gasteiger partial charge on any atom is 0.315 e. The zero-order chi connectivity index (χ0) is 10.6. The highest BCUT2D eigenvalue weighted by Gasteiger charge is 2.04. The zero-order valence-corrected chi connectivity index (χ0v) is 9.71. The predicted molar refractivity (Wildman–Crippen MR) is 59.8 cm³/mol. The largest absolute Gasteiger partial charge is 0.336 e. The van der Waals surface area contributed by atoms with E-state index in [1.807, 2.05) is 25.3 Å². The maximum absolute atomic E-state index is 11.2. The third-order valence-electron chi connectivity index (χ3n) is 1.55. The first-order chi connectivity index (χ1) is 6.59. The standard InChI is InChI=1S/C9H13ClN2OS/c1-6(2)12-9(13)11-5-7-3-4-14-8(7)10/h3-4,6H,5H2,1-2H3,(H2,11,12,13). The minimum atomic E-state index is -0.165. The van der Waals surface area contributed by atoms with Crippen molar-refractivity contribution in [1.82, 2.24) is 10.6 Å². The van der Waals surface area contributed by atoms with Crippen LogP contribution >= 0.6 is 22.9 Å². The van der Waals surface area contributed by atoms with Gasteiger partial charge in [-0.2, -0.15) is 0 Å². The summed E-state index contributed by atoms with van der Waals surface area (Å²) in [5.74, 6) is 0. The van der Waals surface area contributed by atoms with Crippen molar-refractivity contribution in [3.05, 3.63) is 21.3 Å². The number of halogens is 1. The molecule has 1 aromatic rings. The molecular weight excluding hydrogens is 220 g/mol. The second kappa shape index (κ2) is 5.22. The quantitative estimate of drug-likeness (QED) is 0.827. The first kappa shape index (κ1) is 11.3. The maximum atomic E-state index is 11.2. The first-order valence-electron chi connectivity index (χ1n) is 4.36. The number of nitrogens with one attached hydrogen (secondary N) is 2. The van der Waals surface area contributed by atoms with Crippen LogP contribution in [0.2, 0.25) is 4.34 Å². The summed E-state index contributed by atoms with van der Waals surface area (Å²) >= 11 is 7.34. The van der Waals surface area contributed by atoms with Gasteiger partial charge < -0.3 is 10.6 Å². The van der Waals surface area contributed by atoms with Crippen molar-refractivity contribution < 1.29 is 4.79 Å². The lowest BCUT2D eigenvalue weighted by Crippen LogP contribution is -2.38. The fraction of sp³-hybridized carbons (Fsp3) is 0.444. The summed E-state index contributed by atoms with van der Waals surface area (Å²) in [6.07, 6.45) is 0. The molecular formula is C9H13ClN2OS. The Labute approximate surface area is 92.5 Å². The number of carbonyl (C=O) groups excluding carboxylic acids is 1. The Hall–Kier alpha value is -0.740. The van der Waals surface area contributed by atoms with E-state index in [0.29, 0.717) is 6.54 Å². The van der Waals surface area contributed by atoms with Crippen LogP contribution in [0.25, 0.3) is 0 Å². The fourth-order valence-electron chi connectivity index (χ4n) is 0.934. The van der Waals surface area contributed by atoms with E-state index >= 15 is 0 Å². The van der Waals surface area contributed by atoms with Gasteiger partial charge in [0, 0.05) is 18.2 Å². The highest BCUT2D eigenvalue weighted by Crippen LogP contribution is 2.22.